The van der Waals surface area contributed by atoms with E-state index in [1.807, 2.05) is 91.0 Å². The summed E-state index contributed by atoms with van der Waals surface area (Å²) in [6, 6.07) is 43.5. The molecule has 0 saturated carbocycles. The van der Waals surface area contributed by atoms with Gasteiger partial charge in [-0.15, -0.1) is 0 Å². The van der Waals surface area contributed by atoms with E-state index in [0.29, 0.717) is 23.0 Å². The number of para-hydroxylation sites is 4. The molecule has 0 aliphatic carbocycles. The molecule has 0 saturated heterocycles. The average molecular weight is 516 g/mol. The summed E-state index contributed by atoms with van der Waals surface area (Å²) in [5, 5.41) is 9.21. The minimum Gasteiger partial charge on any atom is -0.453 e. The quantitative estimate of drug-likeness (QED) is 0.235. The van der Waals surface area contributed by atoms with E-state index in [0.717, 1.165) is 45.3 Å². The van der Waals surface area contributed by atoms with Crippen LogP contribution in [0.15, 0.2) is 127 Å². The highest BCUT2D eigenvalue weighted by Gasteiger charge is 2.25. The molecule has 6 heteroatoms. The fraction of sp³-hybridized carbons (Fsp3) is 0. The van der Waals surface area contributed by atoms with E-state index in [1.54, 1.807) is 12.1 Å². The van der Waals surface area contributed by atoms with Crippen molar-refractivity contribution in [3.05, 3.63) is 133 Å². The summed E-state index contributed by atoms with van der Waals surface area (Å²) in [4.78, 5) is 16.6. The normalized spacial score (nSPS) is 11.6. The number of hydrogen-bond acceptors (Lipinski definition) is 6. The Morgan fingerprint density at radius 1 is 0.500 bits per heavy atom. The maximum absolute atomic E-state index is 9.21. The molecular weight excluding hydrogens is 494 g/mol. The van der Waals surface area contributed by atoms with Gasteiger partial charge >= 0.3 is 0 Å². The molecule has 0 spiro atoms. The second kappa shape index (κ2) is 9.82. The highest BCUT2D eigenvalue weighted by atomic mass is 16.5. The van der Waals surface area contributed by atoms with Crippen molar-refractivity contribution in [1.29, 1.82) is 5.26 Å². The Labute approximate surface area is 231 Å². The van der Waals surface area contributed by atoms with Gasteiger partial charge in [-0.25, -0.2) is 15.0 Å². The number of nitriles is 1. The lowest BCUT2D eigenvalue weighted by Crippen LogP contribution is -2.15. The molecule has 0 amide bonds. The summed E-state index contributed by atoms with van der Waals surface area (Å²) in [5.41, 5.74) is 6.12. The van der Waals surface area contributed by atoms with Gasteiger partial charge in [0, 0.05) is 22.4 Å². The smallest absolute Gasteiger partial charge is 0.164 e. The second-order valence-corrected chi connectivity index (χ2v) is 9.28. The van der Waals surface area contributed by atoms with E-state index in [1.165, 1.54) is 0 Å². The summed E-state index contributed by atoms with van der Waals surface area (Å²) < 4.78 is 6.16. The minimum absolute atomic E-state index is 0.549. The zero-order chi connectivity index (χ0) is 26.9. The van der Waals surface area contributed by atoms with Crippen LogP contribution in [0.4, 0.5) is 17.1 Å². The Morgan fingerprint density at radius 3 is 1.48 bits per heavy atom. The molecule has 0 radical (unpaired) electrons. The number of hydrogen-bond donors (Lipinski definition) is 0. The Morgan fingerprint density at radius 2 is 0.950 bits per heavy atom. The van der Waals surface area contributed by atoms with Crippen LogP contribution in [0.3, 0.4) is 0 Å². The summed E-state index contributed by atoms with van der Waals surface area (Å²) in [6.45, 7) is 0. The van der Waals surface area contributed by atoms with Gasteiger partial charge in [0.05, 0.1) is 23.0 Å². The molecule has 5 aromatic carbocycles. The second-order valence-electron chi connectivity index (χ2n) is 9.28. The monoisotopic (exact) mass is 515 g/mol. The molecule has 0 unspecified atom stereocenters. The van der Waals surface area contributed by atoms with Crippen LogP contribution in [0.1, 0.15) is 5.56 Å². The van der Waals surface area contributed by atoms with Gasteiger partial charge in [-0.1, -0.05) is 54.6 Å². The van der Waals surface area contributed by atoms with Gasteiger partial charge in [-0.05, 0) is 72.8 Å². The van der Waals surface area contributed by atoms with Crippen molar-refractivity contribution < 1.29 is 4.74 Å². The number of aromatic nitrogens is 3. The van der Waals surface area contributed by atoms with Gasteiger partial charge in [-0.3, -0.25) is 0 Å². The van der Waals surface area contributed by atoms with Gasteiger partial charge in [0.25, 0.3) is 0 Å². The molecule has 0 bridgehead atoms. The maximum Gasteiger partial charge on any atom is 0.164 e. The topological polar surface area (TPSA) is 74.9 Å². The van der Waals surface area contributed by atoms with Crippen molar-refractivity contribution in [2.45, 2.75) is 0 Å². The highest BCUT2D eigenvalue weighted by molar-refractivity contribution is 5.86. The molecule has 7 rings (SSSR count). The molecule has 0 N–H and O–H groups in total. The summed E-state index contributed by atoms with van der Waals surface area (Å²) in [7, 11) is 0. The van der Waals surface area contributed by atoms with E-state index in [4.69, 9.17) is 19.7 Å². The number of anilines is 3. The number of fused-ring (bicyclic) bond motifs is 2. The van der Waals surface area contributed by atoms with Crippen molar-refractivity contribution >= 4 is 17.1 Å². The third kappa shape index (κ3) is 4.22. The van der Waals surface area contributed by atoms with Crippen LogP contribution in [0.5, 0.6) is 11.5 Å². The van der Waals surface area contributed by atoms with Gasteiger partial charge < -0.3 is 9.64 Å². The van der Waals surface area contributed by atoms with Crippen LogP contribution in [0.2, 0.25) is 0 Å². The number of benzene rings is 5. The van der Waals surface area contributed by atoms with Gasteiger partial charge in [0.1, 0.15) is 0 Å². The predicted molar refractivity (Wildman–Crippen MR) is 156 cm³/mol. The SMILES string of the molecule is N#Cc1ccc(-c2nc(-c3ccccc3)nc(-c3ccc(N4c5ccccc5Oc5ccccc54)cc3)n2)cc1. The highest BCUT2D eigenvalue weighted by Crippen LogP contribution is 2.50. The summed E-state index contributed by atoms with van der Waals surface area (Å²) >= 11 is 0. The van der Waals surface area contributed by atoms with Crippen molar-refractivity contribution in [3.8, 4) is 51.7 Å². The molecule has 0 atom stereocenters. The van der Waals surface area contributed by atoms with Crippen LogP contribution < -0.4 is 9.64 Å². The van der Waals surface area contributed by atoms with Gasteiger partial charge in [-0.2, -0.15) is 5.26 Å². The lowest BCUT2D eigenvalue weighted by atomic mass is 10.1. The zero-order valence-electron chi connectivity index (χ0n) is 21.3. The van der Waals surface area contributed by atoms with Crippen LogP contribution in [-0.2, 0) is 0 Å². The van der Waals surface area contributed by atoms with E-state index < -0.39 is 0 Å². The Kier molecular flexibility index (Phi) is 5.73. The molecule has 1 aliphatic rings. The fourth-order valence-corrected chi connectivity index (χ4v) is 4.79. The predicted octanol–water partition coefficient (Wildman–Crippen LogP) is 8.32. The van der Waals surface area contributed by atoms with Crippen molar-refractivity contribution in [1.82, 2.24) is 15.0 Å². The Balaban J connectivity index is 1.32. The van der Waals surface area contributed by atoms with Crippen molar-refractivity contribution in [2.75, 3.05) is 4.90 Å². The fourth-order valence-electron chi connectivity index (χ4n) is 4.79. The first-order chi connectivity index (χ1) is 19.8. The Hall–Kier alpha value is -5.80. The number of nitrogens with zero attached hydrogens (tertiary/aromatic N) is 5. The first-order valence-corrected chi connectivity index (χ1v) is 12.9. The van der Waals surface area contributed by atoms with E-state index in [9.17, 15) is 5.26 Å². The molecule has 1 aliphatic heterocycles. The number of rotatable bonds is 4. The Bertz CT molecular complexity index is 1830. The average Bonchev–Trinajstić information content (AvgIpc) is 3.04. The molecule has 1 aromatic heterocycles. The minimum atomic E-state index is 0.549. The molecule has 40 heavy (non-hydrogen) atoms. The number of ether oxygens (including phenoxy) is 1. The third-order valence-electron chi connectivity index (χ3n) is 6.76. The van der Waals surface area contributed by atoms with E-state index in [-0.39, 0.29) is 0 Å². The molecule has 6 aromatic rings. The molecule has 6 nitrogen and oxygen atoms in total. The first-order valence-electron chi connectivity index (χ1n) is 12.9. The molecule has 0 fully saturated rings. The maximum atomic E-state index is 9.21. The molecule has 188 valence electrons. The molecule has 2 heterocycles. The zero-order valence-corrected chi connectivity index (χ0v) is 21.3. The van der Waals surface area contributed by atoms with Crippen LogP contribution in [-0.4, -0.2) is 15.0 Å². The third-order valence-corrected chi connectivity index (χ3v) is 6.76. The lowest BCUT2D eigenvalue weighted by molar-refractivity contribution is 0.477. The van der Waals surface area contributed by atoms with Crippen molar-refractivity contribution in [3.63, 3.8) is 0 Å². The van der Waals surface area contributed by atoms with Gasteiger partial charge in [0.2, 0.25) is 0 Å². The van der Waals surface area contributed by atoms with Gasteiger partial charge in [0.15, 0.2) is 29.0 Å². The van der Waals surface area contributed by atoms with E-state index >= 15 is 0 Å². The van der Waals surface area contributed by atoms with Crippen LogP contribution in [0, 0.1) is 11.3 Å². The first kappa shape index (κ1) is 23.3. The molecular formula is C34H21N5O. The van der Waals surface area contributed by atoms with Crippen molar-refractivity contribution in [2.24, 2.45) is 0 Å². The van der Waals surface area contributed by atoms with E-state index in [2.05, 4.69) is 35.2 Å². The summed E-state index contributed by atoms with van der Waals surface area (Å²) in [6.07, 6.45) is 0. The van der Waals surface area contributed by atoms with Crippen LogP contribution >= 0.6 is 0 Å². The largest absolute Gasteiger partial charge is 0.453 e. The lowest BCUT2D eigenvalue weighted by Gasteiger charge is -2.32. The standard InChI is InChI=1S/C34H21N5O/c35-22-23-14-16-25(17-15-23)33-36-32(24-8-2-1-3-9-24)37-34(38-33)26-18-20-27(21-19-26)39-28-10-4-6-12-30(28)40-31-13-7-5-11-29(31)39/h1-21H. The van der Waals surface area contributed by atoms with Crippen LogP contribution in [0.25, 0.3) is 34.2 Å². The summed E-state index contributed by atoms with van der Waals surface area (Å²) in [5.74, 6) is 3.32.